The number of aldehydes is 1. The Balaban J connectivity index is 2.41. The molecule has 0 aromatic carbocycles. The van der Waals surface area contributed by atoms with E-state index in [9.17, 15) is 4.79 Å². The first-order valence-corrected chi connectivity index (χ1v) is 3.05. The Hall–Kier alpha value is -2.05. The van der Waals surface area contributed by atoms with E-state index in [1.165, 1.54) is 6.33 Å². The summed E-state index contributed by atoms with van der Waals surface area (Å²) in [6.07, 6.45) is 1.78. The minimum absolute atomic E-state index is 0.0820. The number of nitrogens with zero attached hydrogens (tertiary/aromatic N) is 4. The number of nitrogens with one attached hydrogen (secondary N) is 1. The SMILES string of the molecule is O=Cc1nc(-c2ncn[nH]2)no1. The molecular weight excluding hydrogens is 162 g/mol. The molecule has 2 heterocycles. The van der Waals surface area contributed by atoms with Crippen molar-refractivity contribution in [3.05, 3.63) is 12.2 Å². The van der Waals surface area contributed by atoms with Gasteiger partial charge in [0, 0.05) is 0 Å². The third kappa shape index (κ3) is 0.965. The summed E-state index contributed by atoms with van der Waals surface area (Å²) in [4.78, 5) is 17.6. The topological polar surface area (TPSA) is 97.6 Å². The van der Waals surface area contributed by atoms with Crippen LogP contribution in [0.3, 0.4) is 0 Å². The summed E-state index contributed by atoms with van der Waals surface area (Å²) in [5.41, 5.74) is 0. The van der Waals surface area contributed by atoms with E-state index in [4.69, 9.17) is 0 Å². The molecule has 0 saturated carbocycles. The van der Waals surface area contributed by atoms with Crippen molar-refractivity contribution >= 4 is 6.29 Å². The highest BCUT2D eigenvalue weighted by Gasteiger charge is 2.08. The Bertz CT molecular complexity index is 378. The zero-order chi connectivity index (χ0) is 8.39. The van der Waals surface area contributed by atoms with Gasteiger partial charge in [-0.25, -0.2) is 4.98 Å². The van der Waals surface area contributed by atoms with Gasteiger partial charge in [0.2, 0.25) is 12.1 Å². The number of aromatic nitrogens is 5. The molecule has 0 radical (unpaired) electrons. The minimum Gasteiger partial charge on any atom is -0.331 e. The van der Waals surface area contributed by atoms with E-state index < -0.39 is 0 Å². The summed E-state index contributed by atoms with van der Waals surface area (Å²) < 4.78 is 4.52. The number of rotatable bonds is 2. The first-order valence-electron chi connectivity index (χ1n) is 3.05. The van der Waals surface area contributed by atoms with E-state index in [0.717, 1.165) is 0 Å². The fraction of sp³-hybridized carbons (Fsp3) is 0. The van der Waals surface area contributed by atoms with Crippen LogP contribution in [0.5, 0.6) is 0 Å². The van der Waals surface area contributed by atoms with Crippen LogP contribution in [-0.2, 0) is 0 Å². The molecule has 2 aromatic heterocycles. The monoisotopic (exact) mass is 165 g/mol. The molecule has 0 aliphatic heterocycles. The molecule has 60 valence electrons. The maximum Gasteiger partial charge on any atom is 0.291 e. The van der Waals surface area contributed by atoms with E-state index in [-0.39, 0.29) is 11.7 Å². The predicted octanol–water partition coefficient (Wildman–Crippen LogP) is -0.333. The molecule has 0 unspecified atom stereocenters. The van der Waals surface area contributed by atoms with E-state index in [1.807, 2.05) is 0 Å². The van der Waals surface area contributed by atoms with Gasteiger partial charge in [0.1, 0.15) is 6.33 Å². The number of carbonyl (C=O) groups excluding carboxylic acids is 1. The molecule has 0 aliphatic rings. The maximum absolute atomic E-state index is 10.1. The molecule has 0 saturated heterocycles. The van der Waals surface area contributed by atoms with Crippen LogP contribution >= 0.6 is 0 Å². The Kier molecular flexibility index (Phi) is 1.40. The Morgan fingerprint density at radius 1 is 1.58 bits per heavy atom. The van der Waals surface area contributed by atoms with E-state index >= 15 is 0 Å². The second-order valence-electron chi connectivity index (χ2n) is 1.91. The number of carbonyl (C=O) groups is 1. The molecular formula is C5H3N5O2. The first kappa shape index (κ1) is 6.65. The van der Waals surface area contributed by atoms with Crippen molar-refractivity contribution in [3.63, 3.8) is 0 Å². The van der Waals surface area contributed by atoms with Crippen LogP contribution in [0.15, 0.2) is 10.9 Å². The summed E-state index contributed by atoms with van der Waals surface area (Å²) in [6, 6.07) is 0. The van der Waals surface area contributed by atoms with Gasteiger partial charge in [-0.3, -0.25) is 9.89 Å². The van der Waals surface area contributed by atoms with Gasteiger partial charge in [0.05, 0.1) is 0 Å². The molecule has 7 heteroatoms. The summed E-state index contributed by atoms with van der Waals surface area (Å²) in [7, 11) is 0. The van der Waals surface area contributed by atoms with E-state index in [2.05, 4.69) is 29.8 Å². The van der Waals surface area contributed by atoms with Crippen molar-refractivity contribution in [3.8, 4) is 11.6 Å². The minimum atomic E-state index is -0.0820. The lowest BCUT2D eigenvalue weighted by atomic mass is 10.6. The fourth-order valence-electron chi connectivity index (χ4n) is 0.692. The summed E-state index contributed by atoms with van der Waals surface area (Å²) in [5, 5.41) is 9.59. The largest absolute Gasteiger partial charge is 0.331 e. The zero-order valence-corrected chi connectivity index (χ0v) is 5.76. The average molecular weight is 165 g/mol. The van der Waals surface area contributed by atoms with Crippen LogP contribution in [0, 0.1) is 0 Å². The highest BCUT2D eigenvalue weighted by atomic mass is 16.5. The molecule has 1 N–H and O–H groups in total. The zero-order valence-electron chi connectivity index (χ0n) is 5.76. The van der Waals surface area contributed by atoms with Gasteiger partial charge in [0.25, 0.3) is 5.89 Å². The molecule has 0 atom stereocenters. The van der Waals surface area contributed by atoms with Crippen LogP contribution in [0.25, 0.3) is 11.6 Å². The van der Waals surface area contributed by atoms with Crippen LogP contribution in [-0.4, -0.2) is 31.6 Å². The van der Waals surface area contributed by atoms with E-state index in [1.54, 1.807) is 0 Å². The van der Waals surface area contributed by atoms with Gasteiger partial charge in [-0.15, -0.1) is 0 Å². The van der Waals surface area contributed by atoms with Crippen molar-refractivity contribution in [2.24, 2.45) is 0 Å². The molecule has 7 nitrogen and oxygen atoms in total. The highest BCUT2D eigenvalue weighted by molar-refractivity contribution is 5.68. The van der Waals surface area contributed by atoms with Crippen molar-refractivity contribution in [2.45, 2.75) is 0 Å². The van der Waals surface area contributed by atoms with Crippen LogP contribution in [0.1, 0.15) is 10.7 Å². The lowest BCUT2D eigenvalue weighted by molar-refractivity contribution is 0.108. The summed E-state index contributed by atoms with van der Waals surface area (Å²) in [6.45, 7) is 0. The van der Waals surface area contributed by atoms with Crippen LogP contribution in [0.4, 0.5) is 0 Å². The van der Waals surface area contributed by atoms with Crippen molar-refractivity contribution < 1.29 is 9.32 Å². The Morgan fingerprint density at radius 2 is 2.50 bits per heavy atom. The second kappa shape index (κ2) is 2.53. The molecule has 0 aliphatic carbocycles. The molecule has 0 spiro atoms. The van der Waals surface area contributed by atoms with Gasteiger partial charge in [-0.2, -0.15) is 10.1 Å². The molecule has 12 heavy (non-hydrogen) atoms. The van der Waals surface area contributed by atoms with Gasteiger partial charge in [0.15, 0.2) is 5.82 Å². The standard InChI is InChI=1S/C5H3N5O2/c11-1-3-8-5(10-12-3)4-6-2-7-9-4/h1-2H,(H,6,7,9). The highest BCUT2D eigenvalue weighted by Crippen LogP contribution is 2.06. The smallest absolute Gasteiger partial charge is 0.291 e. The average Bonchev–Trinajstić information content (AvgIpc) is 2.75. The number of H-pyrrole nitrogens is 1. The fourth-order valence-corrected chi connectivity index (χ4v) is 0.692. The Labute approximate surface area is 65.8 Å². The lowest BCUT2D eigenvalue weighted by Gasteiger charge is -1.79. The molecule has 0 amide bonds. The third-order valence-corrected chi connectivity index (χ3v) is 1.17. The molecule has 0 fully saturated rings. The maximum atomic E-state index is 10.1. The summed E-state index contributed by atoms with van der Waals surface area (Å²) in [5.74, 6) is 0.503. The first-order chi connectivity index (χ1) is 5.90. The van der Waals surface area contributed by atoms with Crippen molar-refractivity contribution in [1.29, 1.82) is 0 Å². The normalized spacial score (nSPS) is 10.0. The Morgan fingerprint density at radius 3 is 3.08 bits per heavy atom. The van der Waals surface area contributed by atoms with Crippen molar-refractivity contribution in [2.75, 3.05) is 0 Å². The van der Waals surface area contributed by atoms with E-state index in [0.29, 0.717) is 12.1 Å². The summed E-state index contributed by atoms with van der Waals surface area (Å²) >= 11 is 0. The molecule has 2 aromatic rings. The van der Waals surface area contributed by atoms with Crippen LogP contribution < -0.4 is 0 Å². The third-order valence-electron chi connectivity index (χ3n) is 1.17. The number of hydrogen-bond donors (Lipinski definition) is 1. The van der Waals surface area contributed by atoms with Gasteiger partial charge < -0.3 is 4.52 Å². The molecule has 2 rings (SSSR count). The van der Waals surface area contributed by atoms with Crippen LogP contribution in [0.2, 0.25) is 0 Å². The van der Waals surface area contributed by atoms with Gasteiger partial charge >= 0.3 is 0 Å². The molecule has 0 bridgehead atoms. The van der Waals surface area contributed by atoms with Gasteiger partial charge in [-0.05, 0) is 0 Å². The number of hydrogen-bond acceptors (Lipinski definition) is 6. The predicted molar refractivity (Wildman–Crippen MR) is 35.1 cm³/mol. The van der Waals surface area contributed by atoms with Gasteiger partial charge in [-0.1, -0.05) is 5.16 Å². The lowest BCUT2D eigenvalue weighted by Crippen LogP contribution is -1.83. The second-order valence-corrected chi connectivity index (χ2v) is 1.91. The quantitative estimate of drug-likeness (QED) is 0.611. The number of aromatic amines is 1. The van der Waals surface area contributed by atoms with Crippen molar-refractivity contribution in [1.82, 2.24) is 25.3 Å².